The molecule has 0 saturated heterocycles. The lowest BCUT2D eigenvalue weighted by Gasteiger charge is -2.26. The molecule has 0 unspecified atom stereocenters. The highest BCUT2D eigenvalue weighted by Crippen LogP contribution is 2.38. The molecule has 10 heteroatoms. The highest BCUT2D eigenvalue weighted by Gasteiger charge is 2.39. The lowest BCUT2D eigenvalue weighted by atomic mass is 9.83. The van der Waals surface area contributed by atoms with Gasteiger partial charge in [0.1, 0.15) is 22.0 Å². The predicted octanol–water partition coefficient (Wildman–Crippen LogP) is 1.57. The Balaban J connectivity index is 2.07. The maximum Gasteiger partial charge on any atom is 0.338 e. The van der Waals surface area contributed by atoms with Gasteiger partial charge in [0, 0.05) is 0 Å². The molecule has 192 valence electrons. The number of nitrogens with two attached hydrogens (primary N) is 1. The summed E-state index contributed by atoms with van der Waals surface area (Å²) in [7, 11) is 4.32. The molecule has 2 N–H and O–H groups in total. The van der Waals surface area contributed by atoms with E-state index in [1.54, 1.807) is 68.6 Å². The van der Waals surface area contributed by atoms with Crippen molar-refractivity contribution in [2.45, 2.75) is 12.8 Å². The molecule has 0 spiro atoms. The quantitative estimate of drug-likeness (QED) is 0.465. The summed E-state index contributed by atoms with van der Waals surface area (Å²) in [6.07, 6.45) is 1.69. The molecule has 0 bridgehead atoms. The summed E-state index contributed by atoms with van der Waals surface area (Å²) < 4.78 is 22.6. The Morgan fingerprint density at radius 3 is 2.08 bits per heavy atom. The number of carbonyl (C=O) groups excluding carboxylic acids is 2. The molecule has 1 aliphatic rings. The van der Waals surface area contributed by atoms with Crippen molar-refractivity contribution < 1.29 is 28.5 Å². The van der Waals surface area contributed by atoms with Gasteiger partial charge in [-0.1, -0.05) is 24.3 Å². The number of benzene rings is 2. The smallest absolute Gasteiger partial charge is 0.338 e. The molecule has 9 nitrogen and oxygen atoms in total. The molecular weight excluding hydrogens is 496 g/mol. The number of esters is 2. The lowest BCUT2D eigenvalue weighted by molar-refractivity contribution is -0.136. The number of thiazole rings is 1. The van der Waals surface area contributed by atoms with Gasteiger partial charge in [-0.3, -0.25) is 9.36 Å². The van der Waals surface area contributed by atoms with Gasteiger partial charge in [0.05, 0.1) is 49.5 Å². The Kier molecular flexibility index (Phi) is 7.49. The van der Waals surface area contributed by atoms with E-state index < -0.39 is 23.4 Å². The second-order valence-electron chi connectivity index (χ2n) is 7.96. The van der Waals surface area contributed by atoms with E-state index in [2.05, 4.69) is 0 Å². The molecule has 37 heavy (non-hydrogen) atoms. The van der Waals surface area contributed by atoms with E-state index in [1.165, 1.54) is 18.8 Å². The molecule has 0 saturated carbocycles. The van der Waals surface area contributed by atoms with E-state index >= 15 is 0 Å². The van der Waals surface area contributed by atoms with Crippen LogP contribution in [-0.2, 0) is 19.1 Å². The van der Waals surface area contributed by atoms with Crippen LogP contribution in [0.1, 0.15) is 24.0 Å². The van der Waals surface area contributed by atoms with Crippen molar-refractivity contribution in [1.82, 2.24) is 4.57 Å². The van der Waals surface area contributed by atoms with Crippen LogP contribution in [0.4, 0.5) is 0 Å². The first-order valence-electron chi connectivity index (χ1n) is 11.4. The predicted molar refractivity (Wildman–Crippen MR) is 140 cm³/mol. The van der Waals surface area contributed by atoms with Gasteiger partial charge >= 0.3 is 11.9 Å². The largest absolute Gasteiger partial charge is 0.497 e. The average Bonchev–Trinajstić information content (AvgIpc) is 3.24. The van der Waals surface area contributed by atoms with Crippen LogP contribution in [0, 0.1) is 0 Å². The number of carbonyl (C=O) groups is 2. The SMILES string of the molecule is CCOC(=O)C1=c2s/c(=C\c3ccc(OC)cc3)c(=O)n2C(N)=C(C(=O)OC)[C@H]1c1ccc(OC)cc1. The fourth-order valence-corrected chi connectivity index (χ4v) is 5.31. The molecule has 1 atom stereocenters. The van der Waals surface area contributed by atoms with Gasteiger partial charge in [-0.25, -0.2) is 9.59 Å². The molecule has 0 fully saturated rings. The molecule has 2 heterocycles. The Labute approximate surface area is 216 Å². The number of fused-ring (bicyclic) bond motifs is 1. The summed E-state index contributed by atoms with van der Waals surface area (Å²) >= 11 is 1.10. The second-order valence-corrected chi connectivity index (χ2v) is 8.99. The van der Waals surface area contributed by atoms with E-state index in [4.69, 9.17) is 24.7 Å². The second kappa shape index (κ2) is 10.8. The Morgan fingerprint density at radius 1 is 0.946 bits per heavy atom. The number of ether oxygens (including phenoxy) is 4. The normalized spacial score (nSPS) is 15.3. The van der Waals surface area contributed by atoms with Crippen LogP contribution in [0.5, 0.6) is 11.5 Å². The van der Waals surface area contributed by atoms with Crippen LogP contribution in [-0.4, -0.2) is 44.4 Å². The standard InChI is InChI=1S/C27H26N2O7S/c1-5-36-27(32)22-20(16-8-12-18(34-3)13-9-16)21(26(31)35-4)23(28)29-24(30)19(37-25(22)29)14-15-6-10-17(33-2)11-7-15/h6-14,20H,5,28H2,1-4H3/b19-14-/t20-/m1/s1. The minimum atomic E-state index is -0.927. The maximum atomic E-state index is 13.5. The van der Waals surface area contributed by atoms with Crippen LogP contribution < -0.4 is 30.0 Å². The average molecular weight is 523 g/mol. The van der Waals surface area contributed by atoms with Gasteiger partial charge < -0.3 is 24.7 Å². The summed E-state index contributed by atoms with van der Waals surface area (Å²) in [6.45, 7) is 1.78. The van der Waals surface area contributed by atoms with Crippen molar-refractivity contribution >= 4 is 40.7 Å². The van der Waals surface area contributed by atoms with Crippen molar-refractivity contribution in [1.29, 1.82) is 0 Å². The highest BCUT2D eigenvalue weighted by molar-refractivity contribution is 7.07. The van der Waals surface area contributed by atoms with Crippen LogP contribution in [0.3, 0.4) is 0 Å². The van der Waals surface area contributed by atoms with Crippen LogP contribution in [0.25, 0.3) is 17.5 Å². The Morgan fingerprint density at radius 2 is 1.54 bits per heavy atom. The lowest BCUT2D eigenvalue weighted by Crippen LogP contribution is -2.41. The third-order valence-corrected chi connectivity index (χ3v) is 7.02. The van der Waals surface area contributed by atoms with Crippen molar-refractivity contribution in [3.8, 4) is 11.5 Å². The van der Waals surface area contributed by atoms with Gasteiger partial charge in [-0.05, 0) is 48.4 Å². The number of hydrogen-bond acceptors (Lipinski definition) is 9. The monoisotopic (exact) mass is 522 g/mol. The third-order valence-electron chi connectivity index (χ3n) is 5.91. The van der Waals surface area contributed by atoms with Gasteiger partial charge in [-0.2, -0.15) is 0 Å². The summed E-state index contributed by atoms with van der Waals surface area (Å²) in [5.41, 5.74) is 7.42. The number of rotatable bonds is 7. The van der Waals surface area contributed by atoms with E-state index in [0.29, 0.717) is 21.6 Å². The molecule has 4 rings (SSSR count). The Bertz CT molecular complexity index is 1550. The van der Waals surface area contributed by atoms with E-state index in [-0.39, 0.29) is 28.2 Å². The first-order chi connectivity index (χ1) is 17.8. The van der Waals surface area contributed by atoms with Crippen molar-refractivity contribution in [2.75, 3.05) is 27.9 Å². The molecule has 0 aliphatic carbocycles. The van der Waals surface area contributed by atoms with Crippen molar-refractivity contribution in [3.63, 3.8) is 0 Å². The third kappa shape index (κ3) is 4.75. The fourth-order valence-electron chi connectivity index (χ4n) is 4.15. The summed E-state index contributed by atoms with van der Waals surface area (Å²) in [5, 5.41) is 0. The number of nitrogens with zero attached hydrogens (tertiary/aromatic N) is 1. The summed E-state index contributed by atoms with van der Waals surface area (Å²) in [5.74, 6) is -1.18. The fraction of sp³-hybridized carbons (Fsp3) is 0.222. The van der Waals surface area contributed by atoms with E-state index in [9.17, 15) is 14.4 Å². The Hall–Kier alpha value is -4.31. The van der Waals surface area contributed by atoms with Gasteiger partial charge in [0.2, 0.25) is 0 Å². The summed E-state index contributed by atoms with van der Waals surface area (Å²) in [6, 6.07) is 14.0. The van der Waals surface area contributed by atoms with Gasteiger partial charge in [-0.15, -0.1) is 11.3 Å². The molecule has 0 radical (unpaired) electrons. The molecule has 1 aliphatic heterocycles. The molecular formula is C27H26N2O7S. The minimum Gasteiger partial charge on any atom is -0.497 e. The van der Waals surface area contributed by atoms with Gasteiger partial charge in [0.15, 0.2) is 0 Å². The molecule has 1 aromatic heterocycles. The first-order valence-corrected chi connectivity index (χ1v) is 12.2. The van der Waals surface area contributed by atoms with Crippen LogP contribution in [0.15, 0.2) is 58.9 Å². The maximum absolute atomic E-state index is 13.5. The number of methoxy groups -OCH3 is 3. The topological polar surface area (TPSA) is 119 Å². The van der Waals surface area contributed by atoms with Crippen LogP contribution in [0.2, 0.25) is 0 Å². The zero-order valence-electron chi connectivity index (χ0n) is 20.8. The molecule has 2 aromatic carbocycles. The molecule has 3 aromatic rings. The minimum absolute atomic E-state index is 0.0286. The van der Waals surface area contributed by atoms with Crippen molar-refractivity contribution in [3.05, 3.63) is 84.8 Å². The van der Waals surface area contributed by atoms with E-state index in [1.807, 2.05) is 0 Å². The molecule has 0 amide bonds. The first kappa shape index (κ1) is 25.8. The zero-order chi connectivity index (χ0) is 26.7. The highest BCUT2D eigenvalue weighted by atomic mass is 32.1. The van der Waals surface area contributed by atoms with Gasteiger partial charge in [0.25, 0.3) is 5.56 Å². The van der Waals surface area contributed by atoms with Crippen molar-refractivity contribution in [2.24, 2.45) is 5.73 Å². The van der Waals surface area contributed by atoms with Crippen LogP contribution >= 0.6 is 11.3 Å². The van der Waals surface area contributed by atoms with E-state index in [0.717, 1.165) is 16.9 Å². The number of hydrogen-bond donors (Lipinski definition) is 1. The zero-order valence-corrected chi connectivity index (χ0v) is 21.6. The summed E-state index contributed by atoms with van der Waals surface area (Å²) in [4.78, 5) is 39.9. The number of aromatic nitrogens is 1.